The Balaban J connectivity index is 1.43. The van der Waals surface area contributed by atoms with Crippen LogP contribution in [-0.4, -0.2) is 45.8 Å². The highest BCUT2D eigenvalue weighted by molar-refractivity contribution is 8.26. The molecule has 0 N–H and O–H groups in total. The summed E-state index contributed by atoms with van der Waals surface area (Å²) in [6.45, 7) is 3.82. The normalized spacial score (nSPS) is 17.7. The number of hydrogen-bond donors (Lipinski definition) is 0. The predicted molar refractivity (Wildman–Crippen MR) is 148 cm³/mol. The molecule has 1 amide bonds. The van der Waals surface area contributed by atoms with Crippen LogP contribution in [0.1, 0.15) is 30.9 Å². The molecule has 0 atom stereocenters. The molecule has 2 aliphatic rings. The standard InChI is InChI=1S/C28H26FN3O3S2/c1-2-35-27(34)19-11-13-31(14-12-19)25-21(15-20-5-3-4-6-23(20)30-25)16-24-26(33)32(28(36)37-24)17-18-7-9-22(29)10-8-18/h3-10,15-16,19H,2,11-14,17H2,1H3/b24-16-. The quantitative estimate of drug-likeness (QED) is 0.233. The number of piperidine rings is 1. The highest BCUT2D eigenvalue weighted by atomic mass is 32.2. The van der Waals surface area contributed by atoms with Crippen molar-refractivity contribution in [2.24, 2.45) is 5.92 Å². The lowest BCUT2D eigenvalue weighted by molar-refractivity contribution is -0.148. The molecule has 3 aromatic rings. The number of thiocarbonyl (C=S) groups is 1. The first kappa shape index (κ1) is 25.4. The van der Waals surface area contributed by atoms with Crippen molar-refractivity contribution in [3.63, 3.8) is 0 Å². The number of carbonyl (C=O) groups is 2. The van der Waals surface area contributed by atoms with Crippen LogP contribution in [0.4, 0.5) is 10.2 Å². The SMILES string of the molecule is CCOC(=O)C1CCN(c2nc3ccccc3cc2/C=C2\SC(=S)N(Cc3ccc(F)cc3)C2=O)CC1. The number of anilines is 1. The van der Waals surface area contributed by atoms with Crippen LogP contribution in [0.5, 0.6) is 0 Å². The summed E-state index contributed by atoms with van der Waals surface area (Å²) < 4.78 is 19.0. The lowest BCUT2D eigenvalue weighted by Crippen LogP contribution is -2.37. The zero-order chi connectivity index (χ0) is 25.9. The molecule has 5 rings (SSSR count). The molecular formula is C28H26FN3O3S2. The number of para-hydroxylation sites is 1. The van der Waals surface area contributed by atoms with Gasteiger partial charge in [-0.3, -0.25) is 14.5 Å². The van der Waals surface area contributed by atoms with E-state index >= 15 is 0 Å². The van der Waals surface area contributed by atoms with Gasteiger partial charge in [0.2, 0.25) is 0 Å². The van der Waals surface area contributed by atoms with Gasteiger partial charge < -0.3 is 9.64 Å². The number of esters is 1. The fraction of sp³-hybridized carbons (Fsp3) is 0.286. The largest absolute Gasteiger partial charge is 0.466 e. The third-order valence-corrected chi connectivity index (χ3v) is 7.94. The van der Waals surface area contributed by atoms with Gasteiger partial charge in [-0.1, -0.05) is 54.3 Å². The number of ether oxygens (including phenoxy) is 1. The van der Waals surface area contributed by atoms with Crippen LogP contribution < -0.4 is 4.90 Å². The summed E-state index contributed by atoms with van der Waals surface area (Å²) in [7, 11) is 0. The molecule has 2 aromatic carbocycles. The summed E-state index contributed by atoms with van der Waals surface area (Å²) in [5, 5.41) is 0.973. The van der Waals surface area contributed by atoms with Crippen LogP contribution in [0.25, 0.3) is 17.0 Å². The van der Waals surface area contributed by atoms with Gasteiger partial charge in [0, 0.05) is 24.0 Å². The van der Waals surface area contributed by atoms with Gasteiger partial charge in [-0.2, -0.15) is 0 Å². The number of fused-ring (bicyclic) bond motifs is 1. The van der Waals surface area contributed by atoms with E-state index < -0.39 is 0 Å². The lowest BCUT2D eigenvalue weighted by Gasteiger charge is -2.32. The molecule has 2 saturated heterocycles. The number of benzene rings is 2. The molecule has 0 unspecified atom stereocenters. The van der Waals surface area contributed by atoms with E-state index in [4.69, 9.17) is 21.9 Å². The van der Waals surface area contributed by atoms with Gasteiger partial charge in [-0.05, 0) is 55.7 Å². The summed E-state index contributed by atoms with van der Waals surface area (Å²) in [4.78, 5) is 34.7. The molecule has 0 spiro atoms. The molecule has 0 aliphatic carbocycles. The molecule has 0 saturated carbocycles. The number of carbonyl (C=O) groups excluding carboxylic acids is 2. The number of hydrogen-bond acceptors (Lipinski definition) is 7. The second kappa shape index (κ2) is 11.0. The van der Waals surface area contributed by atoms with Crippen molar-refractivity contribution in [3.8, 4) is 0 Å². The molecule has 37 heavy (non-hydrogen) atoms. The topological polar surface area (TPSA) is 62.7 Å². The Morgan fingerprint density at radius 3 is 2.65 bits per heavy atom. The van der Waals surface area contributed by atoms with Gasteiger partial charge in [0.25, 0.3) is 5.91 Å². The molecule has 0 bridgehead atoms. The second-order valence-corrected chi connectivity index (χ2v) is 10.7. The number of pyridine rings is 1. The van der Waals surface area contributed by atoms with Crippen molar-refractivity contribution < 1.29 is 18.7 Å². The lowest BCUT2D eigenvalue weighted by atomic mass is 9.96. The summed E-state index contributed by atoms with van der Waals surface area (Å²) in [5.74, 6) is 0.0300. The van der Waals surface area contributed by atoms with Gasteiger partial charge in [0.15, 0.2) is 0 Å². The molecule has 0 radical (unpaired) electrons. The first-order valence-corrected chi connectivity index (χ1v) is 13.5. The highest BCUT2D eigenvalue weighted by Gasteiger charge is 2.33. The van der Waals surface area contributed by atoms with Crippen molar-refractivity contribution in [1.29, 1.82) is 0 Å². The molecule has 2 fully saturated rings. The summed E-state index contributed by atoms with van der Waals surface area (Å²) >= 11 is 6.77. The Morgan fingerprint density at radius 1 is 1.19 bits per heavy atom. The van der Waals surface area contributed by atoms with Crippen LogP contribution >= 0.6 is 24.0 Å². The zero-order valence-corrected chi connectivity index (χ0v) is 22.0. The molecule has 6 nitrogen and oxygen atoms in total. The monoisotopic (exact) mass is 535 g/mol. The number of aromatic nitrogens is 1. The van der Waals surface area contributed by atoms with E-state index in [1.165, 1.54) is 28.8 Å². The van der Waals surface area contributed by atoms with Crippen molar-refractivity contribution in [1.82, 2.24) is 9.88 Å². The van der Waals surface area contributed by atoms with Gasteiger partial charge >= 0.3 is 5.97 Å². The minimum atomic E-state index is -0.323. The van der Waals surface area contributed by atoms with Crippen LogP contribution in [-0.2, 0) is 20.9 Å². The van der Waals surface area contributed by atoms with Crippen LogP contribution in [0.3, 0.4) is 0 Å². The Bertz CT molecular complexity index is 1390. The van der Waals surface area contributed by atoms with Crippen molar-refractivity contribution in [2.75, 3.05) is 24.6 Å². The van der Waals surface area contributed by atoms with Crippen LogP contribution in [0.2, 0.25) is 0 Å². The maximum absolute atomic E-state index is 13.3. The van der Waals surface area contributed by atoms with E-state index in [-0.39, 0.29) is 30.2 Å². The van der Waals surface area contributed by atoms with Crippen molar-refractivity contribution in [2.45, 2.75) is 26.3 Å². The van der Waals surface area contributed by atoms with E-state index in [2.05, 4.69) is 4.90 Å². The third-order valence-electron chi connectivity index (χ3n) is 6.56. The Labute approximate surface area is 224 Å². The molecule has 3 heterocycles. The third kappa shape index (κ3) is 5.52. The van der Waals surface area contributed by atoms with Gasteiger partial charge in [-0.25, -0.2) is 9.37 Å². The highest BCUT2D eigenvalue weighted by Crippen LogP contribution is 2.36. The van der Waals surface area contributed by atoms with E-state index in [1.807, 2.05) is 43.3 Å². The maximum Gasteiger partial charge on any atom is 0.309 e. The minimum Gasteiger partial charge on any atom is -0.466 e. The zero-order valence-electron chi connectivity index (χ0n) is 20.4. The van der Waals surface area contributed by atoms with Crippen LogP contribution in [0.15, 0.2) is 59.5 Å². The number of amides is 1. The average molecular weight is 536 g/mol. The van der Waals surface area contributed by atoms with Gasteiger partial charge in [-0.15, -0.1) is 0 Å². The summed E-state index contributed by atoms with van der Waals surface area (Å²) in [6, 6.07) is 16.0. The van der Waals surface area contributed by atoms with Gasteiger partial charge in [0.1, 0.15) is 16.0 Å². The number of nitrogens with zero attached hydrogens (tertiary/aromatic N) is 3. The first-order chi connectivity index (χ1) is 17.9. The number of rotatable bonds is 6. The van der Waals surface area contributed by atoms with E-state index in [0.717, 1.165) is 27.8 Å². The molecule has 190 valence electrons. The van der Waals surface area contributed by atoms with Crippen molar-refractivity contribution in [3.05, 3.63) is 76.4 Å². The maximum atomic E-state index is 13.3. The predicted octanol–water partition coefficient (Wildman–Crippen LogP) is 5.55. The Morgan fingerprint density at radius 2 is 1.92 bits per heavy atom. The molecule has 1 aromatic heterocycles. The average Bonchev–Trinajstić information content (AvgIpc) is 3.17. The number of halogens is 1. The summed E-state index contributed by atoms with van der Waals surface area (Å²) in [5.41, 5.74) is 2.50. The summed E-state index contributed by atoms with van der Waals surface area (Å²) in [6.07, 6.45) is 3.23. The fourth-order valence-electron chi connectivity index (χ4n) is 4.62. The van der Waals surface area contributed by atoms with Crippen LogP contribution in [0, 0.1) is 11.7 Å². The Hall–Kier alpha value is -3.30. The van der Waals surface area contributed by atoms with E-state index in [9.17, 15) is 14.0 Å². The fourth-order valence-corrected chi connectivity index (χ4v) is 5.86. The number of thioether (sulfide) groups is 1. The van der Waals surface area contributed by atoms with E-state index in [1.54, 1.807) is 12.1 Å². The molecule has 9 heteroatoms. The molecule has 2 aliphatic heterocycles. The van der Waals surface area contributed by atoms with E-state index in [0.29, 0.717) is 41.8 Å². The van der Waals surface area contributed by atoms with Gasteiger partial charge in [0.05, 0.1) is 29.5 Å². The Kier molecular flexibility index (Phi) is 7.53. The first-order valence-electron chi connectivity index (χ1n) is 12.2. The molecular weight excluding hydrogens is 509 g/mol. The van der Waals surface area contributed by atoms with Crippen molar-refractivity contribution >= 4 is 63.0 Å². The second-order valence-electron chi connectivity index (χ2n) is 9.00. The smallest absolute Gasteiger partial charge is 0.309 e. The minimum absolute atomic E-state index is 0.109.